The lowest BCUT2D eigenvalue weighted by Gasteiger charge is -2.24. The van der Waals surface area contributed by atoms with Gasteiger partial charge in [0.2, 0.25) is 0 Å². The van der Waals surface area contributed by atoms with E-state index in [1.165, 1.54) is 4.90 Å². The molecular weight excluding hydrogens is 276 g/mol. The zero-order chi connectivity index (χ0) is 15.4. The second-order valence-electron chi connectivity index (χ2n) is 5.36. The first-order valence-corrected chi connectivity index (χ1v) is 6.97. The molecule has 1 aliphatic heterocycles. The molecule has 1 aromatic heterocycles. The standard InChI is InChI=1S/C14H20N2O5/c1-9(4-5-11-3-2-6-21-11)15-14(20)16-8-10(17)7-12(16)13(18)19/h2-3,6,9-10,12,17H,4-5,7-8H2,1H3,(H,15,20)(H,18,19)/t9?,10-,12-/m1/s1. The number of carboxylic acids is 1. The van der Waals surface area contributed by atoms with Crippen LogP contribution in [0.4, 0.5) is 4.79 Å². The van der Waals surface area contributed by atoms with Gasteiger partial charge in [0.05, 0.1) is 12.4 Å². The Hall–Kier alpha value is -2.02. The van der Waals surface area contributed by atoms with E-state index in [0.29, 0.717) is 12.8 Å². The van der Waals surface area contributed by atoms with Gasteiger partial charge in [-0.2, -0.15) is 0 Å². The van der Waals surface area contributed by atoms with Crippen molar-refractivity contribution in [3.05, 3.63) is 24.2 Å². The van der Waals surface area contributed by atoms with E-state index in [0.717, 1.165) is 5.76 Å². The number of β-amino-alcohol motifs (C(OH)–C–C–N with tert-alkyl or cyclic N) is 1. The summed E-state index contributed by atoms with van der Waals surface area (Å²) in [5.41, 5.74) is 0. The SMILES string of the molecule is CC(CCc1ccco1)NC(=O)N1C[C@H](O)C[C@@H]1C(=O)O. The Morgan fingerprint density at radius 1 is 1.57 bits per heavy atom. The van der Waals surface area contributed by atoms with E-state index in [4.69, 9.17) is 9.52 Å². The van der Waals surface area contributed by atoms with Gasteiger partial charge < -0.3 is 24.8 Å². The van der Waals surface area contributed by atoms with Gasteiger partial charge in [-0.25, -0.2) is 9.59 Å². The third-order valence-corrected chi connectivity index (χ3v) is 3.60. The summed E-state index contributed by atoms with van der Waals surface area (Å²) >= 11 is 0. The fourth-order valence-electron chi connectivity index (χ4n) is 2.45. The Morgan fingerprint density at radius 3 is 2.95 bits per heavy atom. The van der Waals surface area contributed by atoms with Gasteiger partial charge in [0, 0.05) is 25.4 Å². The van der Waals surface area contributed by atoms with E-state index in [9.17, 15) is 14.7 Å². The van der Waals surface area contributed by atoms with Crippen LogP contribution >= 0.6 is 0 Å². The highest BCUT2D eigenvalue weighted by Gasteiger charge is 2.39. The number of nitrogens with zero attached hydrogens (tertiary/aromatic N) is 1. The van der Waals surface area contributed by atoms with Gasteiger partial charge in [-0.05, 0) is 25.5 Å². The number of aliphatic hydroxyl groups is 1. The molecule has 1 aliphatic rings. The van der Waals surface area contributed by atoms with Crippen LogP contribution in [-0.2, 0) is 11.2 Å². The number of urea groups is 1. The smallest absolute Gasteiger partial charge is 0.326 e. The summed E-state index contributed by atoms with van der Waals surface area (Å²) in [4.78, 5) is 24.4. The van der Waals surface area contributed by atoms with Crippen LogP contribution in [0.3, 0.4) is 0 Å². The van der Waals surface area contributed by atoms with E-state index in [1.54, 1.807) is 6.26 Å². The quantitative estimate of drug-likeness (QED) is 0.747. The number of furan rings is 1. The van der Waals surface area contributed by atoms with E-state index >= 15 is 0 Å². The zero-order valence-electron chi connectivity index (χ0n) is 11.9. The second kappa shape index (κ2) is 6.62. The molecule has 2 amide bonds. The molecule has 1 aromatic rings. The summed E-state index contributed by atoms with van der Waals surface area (Å²) in [6.07, 6.45) is 2.27. The topological polar surface area (TPSA) is 103 Å². The molecule has 0 saturated carbocycles. The van der Waals surface area contributed by atoms with Crippen LogP contribution in [0.5, 0.6) is 0 Å². The van der Waals surface area contributed by atoms with Crippen LogP contribution in [0.15, 0.2) is 22.8 Å². The number of nitrogens with one attached hydrogen (secondary N) is 1. The average Bonchev–Trinajstić information content (AvgIpc) is 3.05. The fourth-order valence-corrected chi connectivity index (χ4v) is 2.45. The highest BCUT2D eigenvalue weighted by molar-refractivity contribution is 5.83. The fraction of sp³-hybridized carbons (Fsp3) is 0.571. The van der Waals surface area contributed by atoms with Crippen molar-refractivity contribution >= 4 is 12.0 Å². The van der Waals surface area contributed by atoms with E-state index in [2.05, 4.69) is 5.32 Å². The summed E-state index contributed by atoms with van der Waals surface area (Å²) in [7, 11) is 0. The molecular formula is C14H20N2O5. The van der Waals surface area contributed by atoms with Crippen molar-refractivity contribution in [3.8, 4) is 0 Å². The van der Waals surface area contributed by atoms with Crippen LogP contribution in [0, 0.1) is 0 Å². The predicted octanol–water partition coefficient (Wildman–Crippen LogP) is 0.830. The van der Waals surface area contributed by atoms with Crippen LogP contribution < -0.4 is 5.32 Å². The third-order valence-electron chi connectivity index (χ3n) is 3.60. The Labute approximate surface area is 122 Å². The molecule has 3 N–H and O–H groups in total. The maximum atomic E-state index is 12.1. The summed E-state index contributed by atoms with van der Waals surface area (Å²) in [6.45, 7) is 1.90. The lowest BCUT2D eigenvalue weighted by Crippen LogP contribution is -2.48. The Morgan fingerprint density at radius 2 is 2.33 bits per heavy atom. The number of hydrogen-bond acceptors (Lipinski definition) is 4. The first-order chi connectivity index (χ1) is 9.97. The predicted molar refractivity (Wildman–Crippen MR) is 73.8 cm³/mol. The lowest BCUT2D eigenvalue weighted by molar-refractivity contribution is -0.141. The van der Waals surface area contributed by atoms with Gasteiger partial charge in [-0.1, -0.05) is 0 Å². The van der Waals surface area contributed by atoms with Crippen molar-refractivity contribution in [1.82, 2.24) is 10.2 Å². The van der Waals surface area contributed by atoms with E-state index < -0.39 is 24.1 Å². The first-order valence-electron chi connectivity index (χ1n) is 6.97. The number of hydrogen-bond donors (Lipinski definition) is 3. The number of aryl methyl sites for hydroxylation is 1. The zero-order valence-corrected chi connectivity index (χ0v) is 11.9. The van der Waals surface area contributed by atoms with Crippen molar-refractivity contribution < 1.29 is 24.2 Å². The monoisotopic (exact) mass is 296 g/mol. The number of carbonyl (C=O) groups excluding carboxylic acids is 1. The van der Waals surface area contributed by atoms with Crippen molar-refractivity contribution in [2.24, 2.45) is 0 Å². The minimum atomic E-state index is -1.09. The third kappa shape index (κ3) is 3.98. The molecule has 0 aliphatic carbocycles. The van der Waals surface area contributed by atoms with E-state index in [1.807, 2.05) is 19.1 Å². The van der Waals surface area contributed by atoms with Gasteiger partial charge in [-0.15, -0.1) is 0 Å². The molecule has 0 radical (unpaired) electrons. The number of carboxylic acid groups (broad SMARTS) is 1. The highest BCUT2D eigenvalue weighted by atomic mass is 16.4. The minimum Gasteiger partial charge on any atom is -0.480 e. The summed E-state index contributed by atoms with van der Waals surface area (Å²) in [5, 5.41) is 21.4. The van der Waals surface area contributed by atoms with Gasteiger partial charge in [0.1, 0.15) is 11.8 Å². The summed E-state index contributed by atoms with van der Waals surface area (Å²) in [6, 6.07) is 2.14. The largest absolute Gasteiger partial charge is 0.480 e. The summed E-state index contributed by atoms with van der Waals surface area (Å²) in [5.74, 6) is -0.249. The molecule has 3 atom stereocenters. The van der Waals surface area contributed by atoms with Gasteiger partial charge in [-0.3, -0.25) is 0 Å². The van der Waals surface area contributed by atoms with Gasteiger partial charge in [0.25, 0.3) is 0 Å². The van der Waals surface area contributed by atoms with E-state index in [-0.39, 0.29) is 19.0 Å². The Kier molecular flexibility index (Phi) is 4.85. The van der Waals surface area contributed by atoms with Crippen LogP contribution in [0.25, 0.3) is 0 Å². The molecule has 1 fully saturated rings. The second-order valence-corrected chi connectivity index (χ2v) is 5.36. The number of carbonyl (C=O) groups is 2. The molecule has 7 heteroatoms. The molecule has 0 bridgehead atoms. The number of likely N-dealkylation sites (tertiary alicyclic amines) is 1. The normalized spacial score (nSPS) is 23.0. The summed E-state index contributed by atoms with van der Waals surface area (Å²) < 4.78 is 5.22. The van der Waals surface area contributed by atoms with Crippen molar-refractivity contribution in [2.45, 2.75) is 44.4 Å². The maximum Gasteiger partial charge on any atom is 0.326 e. The molecule has 1 saturated heterocycles. The number of rotatable bonds is 5. The maximum absolute atomic E-state index is 12.1. The van der Waals surface area contributed by atoms with Crippen molar-refractivity contribution in [1.29, 1.82) is 0 Å². The number of aliphatic carboxylic acids is 1. The molecule has 116 valence electrons. The minimum absolute atomic E-state index is 0.0493. The molecule has 21 heavy (non-hydrogen) atoms. The van der Waals surface area contributed by atoms with Crippen LogP contribution in [0.1, 0.15) is 25.5 Å². The lowest BCUT2D eigenvalue weighted by atomic mass is 10.1. The molecule has 0 aromatic carbocycles. The van der Waals surface area contributed by atoms with Crippen molar-refractivity contribution in [3.63, 3.8) is 0 Å². The van der Waals surface area contributed by atoms with Gasteiger partial charge >= 0.3 is 12.0 Å². The number of amides is 2. The van der Waals surface area contributed by atoms with Crippen LogP contribution in [0.2, 0.25) is 0 Å². The Bertz CT molecular complexity index is 488. The van der Waals surface area contributed by atoms with Crippen LogP contribution in [-0.4, -0.2) is 51.8 Å². The molecule has 2 rings (SSSR count). The molecule has 7 nitrogen and oxygen atoms in total. The first kappa shape index (κ1) is 15.4. The molecule has 0 spiro atoms. The molecule has 2 heterocycles. The Balaban J connectivity index is 1.83. The average molecular weight is 296 g/mol. The molecule has 1 unspecified atom stereocenters. The van der Waals surface area contributed by atoms with Gasteiger partial charge in [0.15, 0.2) is 0 Å². The highest BCUT2D eigenvalue weighted by Crippen LogP contribution is 2.18. The number of aliphatic hydroxyl groups excluding tert-OH is 1. The van der Waals surface area contributed by atoms with Crippen molar-refractivity contribution in [2.75, 3.05) is 6.54 Å².